The molecule has 132 valence electrons. The number of hydrogen-bond donors (Lipinski definition) is 1. The molecule has 1 N–H and O–H groups in total. The minimum absolute atomic E-state index is 0.0886. The van der Waals surface area contributed by atoms with E-state index in [0.717, 1.165) is 5.76 Å². The van der Waals surface area contributed by atoms with Crippen molar-refractivity contribution in [2.75, 3.05) is 6.61 Å². The third kappa shape index (κ3) is 6.30. The van der Waals surface area contributed by atoms with Gasteiger partial charge in [-0.25, -0.2) is 5.43 Å². The average Bonchev–Trinajstić information content (AvgIpc) is 3.09. The van der Waals surface area contributed by atoms with Gasteiger partial charge < -0.3 is 9.15 Å². The zero-order valence-corrected chi connectivity index (χ0v) is 15.1. The van der Waals surface area contributed by atoms with Crippen molar-refractivity contribution < 1.29 is 13.9 Å². The lowest BCUT2D eigenvalue weighted by Gasteiger charge is -2.19. The Morgan fingerprint density at radius 1 is 1.24 bits per heavy atom. The average molecular weight is 340 g/mol. The third-order valence-corrected chi connectivity index (χ3v) is 3.48. The molecule has 0 unspecified atom stereocenters. The summed E-state index contributed by atoms with van der Waals surface area (Å²) in [5.41, 5.74) is 4.42. The van der Waals surface area contributed by atoms with Gasteiger partial charge in [-0.3, -0.25) is 4.79 Å². The van der Waals surface area contributed by atoms with Gasteiger partial charge in [0.25, 0.3) is 5.91 Å². The summed E-state index contributed by atoms with van der Waals surface area (Å²) in [5.74, 6) is 1.06. The summed E-state index contributed by atoms with van der Waals surface area (Å²) in [5, 5.41) is 3.99. The molecule has 0 aliphatic heterocycles. The van der Waals surface area contributed by atoms with Gasteiger partial charge in [-0.05, 0) is 54.3 Å². The van der Waals surface area contributed by atoms with Gasteiger partial charge in [0, 0.05) is 0 Å². The lowest BCUT2D eigenvalue weighted by atomic mass is 9.87. The van der Waals surface area contributed by atoms with E-state index < -0.39 is 0 Å². The van der Waals surface area contributed by atoms with Crippen LogP contribution >= 0.6 is 0 Å². The molecule has 2 aromatic rings. The molecule has 2 rings (SSSR count). The Bertz CT molecular complexity index is 736. The zero-order chi connectivity index (χ0) is 18.3. The highest BCUT2D eigenvalue weighted by atomic mass is 16.5. The van der Waals surface area contributed by atoms with Crippen LogP contribution in [0.2, 0.25) is 0 Å². The fourth-order valence-electron chi connectivity index (χ4n) is 2.01. The van der Waals surface area contributed by atoms with E-state index in [-0.39, 0.29) is 17.9 Å². The molecule has 0 aliphatic carbocycles. The smallest absolute Gasteiger partial charge is 0.277 e. The first-order chi connectivity index (χ1) is 11.8. The number of furan rings is 1. The fourth-order valence-corrected chi connectivity index (χ4v) is 2.01. The van der Waals surface area contributed by atoms with Crippen LogP contribution in [-0.4, -0.2) is 18.2 Å². The summed E-state index contributed by atoms with van der Waals surface area (Å²) in [7, 11) is 0. The van der Waals surface area contributed by atoms with Crippen molar-refractivity contribution in [2.45, 2.75) is 33.1 Å². The highest BCUT2D eigenvalue weighted by Gasteiger charge is 2.13. The number of carbonyl (C=O) groups is 1. The normalized spacial score (nSPS) is 12.4. The van der Waals surface area contributed by atoms with Gasteiger partial charge in [0.15, 0.2) is 6.61 Å². The van der Waals surface area contributed by atoms with E-state index in [9.17, 15) is 4.79 Å². The quantitative estimate of drug-likeness (QED) is 0.634. The fraction of sp³-hybridized carbons (Fsp3) is 0.300. The minimum atomic E-state index is -0.314. The molecule has 0 atom stereocenters. The molecule has 1 amide bonds. The number of nitrogens with zero attached hydrogens (tertiary/aromatic N) is 1. The van der Waals surface area contributed by atoms with Crippen LogP contribution in [0.5, 0.6) is 5.75 Å². The third-order valence-electron chi connectivity index (χ3n) is 3.48. The number of allylic oxidation sites excluding steroid dienone is 1. The first kappa shape index (κ1) is 18.5. The SMILES string of the molecule is CC(C=Cc1ccco1)=NNC(=O)COc1ccc(C(C)(C)C)cc1. The van der Waals surface area contributed by atoms with Gasteiger partial charge in [0.1, 0.15) is 11.5 Å². The highest BCUT2D eigenvalue weighted by molar-refractivity contribution is 5.96. The Labute approximate surface area is 148 Å². The maximum Gasteiger partial charge on any atom is 0.277 e. The van der Waals surface area contributed by atoms with Crippen molar-refractivity contribution >= 4 is 17.7 Å². The van der Waals surface area contributed by atoms with E-state index in [1.807, 2.05) is 30.3 Å². The summed E-state index contributed by atoms with van der Waals surface area (Å²) in [6, 6.07) is 11.4. The number of nitrogens with one attached hydrogen (secondary N) is 1. The Morgan fingerprint density at radius 2 is 1.96 bits per heavy atom. The number of benzene rings is 1. The van der Waals surface area contributed by atoms with Crippen molar-refractivity contribution in [3.63, 3.8) is 0 Å². The van der Waals surface area contributed by atoms with Crippen molar-refractivity contribution in [3.8, 4) is 5.75 Å². The van der Waals surface area contributed by atoms with Gasteiger partial charge in [0.2, 0.25) is 0 Å². The monoisotopic (exact) mass is 340 g/mol. The second-order valence-electron chi connectivity index (χ2n) is 6.70. The minimum Gasteiger partial charge on any atom is -0.484 e. The van der Waals surface area contributed by atoms with Crippen LogP contribution in [0, 0.1) is 0 Å². The summed E-state index contributed by atoms with van der Waals surface area (Å²) in [6.45, 7) is 8.14. The van der Waals surface area contributed by atoms with Gasteiger partial charge in [-0.2, -0.15) is 5.10 Å². The number of hydrazone groups is 1. The Morgan fingerprint density at radius 3 is 2.56 bits per heavy atom. The number of ether oxygens (including phenoxy) is 1. The first-order valence-electron chi connectivity index (χ1n) is 8.12. The lowest BCUT2D eigenvalue weighted by Crippen LogP contribution is -2.25. The summed E-state index contributed by atoms with van der Waals surface area (Å²) in [6.07, 6.45) is 5.13. The number of carbonyl (C=O) groups excluding carboxylic acids is 1. The molecule has 1 aromatic heterocycles. The van der Waals surface area contributed by atoms with Gasteiger partial charge in [-0.1, -0.05) is 32.9 Å². The molecule has 0 fully saturated rings. The maximum absolute atomic E-state index is 11.8. The van der Waals surface area contributed by atoms with E-state index in [1.54, 1.807) is 31.4 Å². The summed E-state index contributed by atoms with van der Waals surface area (Å²) in [4.78, 5) is 11.8. The van der Waals surface area contributed by atoms with Crippen LogP contribution in [0.25, 0.3) is 6.08 Å². The molecule has 5 nitrogen and oxygen atoms in total. The van der Waals surface area contributed by atoms with Gasteiger partial charge in [0.05, 0.1) is 12.0 Å². The summed E-state index contributed by atoms with van der Waals surface area (Å²) >= 11 is 0. The van der Waals surface area contributed by atoms with Crippen LogP contribution in [0.1, 0.15) is 39.0 Å². The Kier molecular flexibility index (Phi) is 6.17. The van der Waals surface area contributed by atoms with E-state index >= 15 is 0 Å². The maximum atomic E-state index is 11.8. The van der Waals surface area contributed by atoms with Crippen LogP contribution < -0.4 is 10.2 Å². The first-order valence-corrected chi connectivity index (χ1v) is 8.12. The molecular formula is C20H24N2O3. The molecule has 1 heterocycles. The molecule has 0 spiro atoms. The molecule has 0 aliphatic rings. The molecule has 0 bridgehead atoms. The number of amides is 1. The molecule has 0 radical (unpaired) electrons. The van der Waals surface area contributed by atoms with Crippen molar-refractivity contribution in [3.05, 3.63) is 60.1 Å². The lowest BCUT2D eigenvalue weighted by molar-refractivity contribution is -0.123. The van der Waals surface area contributed by atoms with Gasteiger partial charge >= 0.3 is 0 Å². The van der Waals surface area contributed by atoms with Crippen molar-refractivity contribution in [1.29, 1.82) is 0 Å². The largest absolute Gasteiger partial charge is 0.484 e. The topological polar surface area (TPSA) is 63.8 Å². The molecule has 0 saturated heterocycles. The molecule has 25 heavy (non-hydrogen) atoms. The van der Waals surface area contributed by atoms with Crippen molar-refractivity contribution in [1.82, 2.24) is 5.43 Å². The highest BCUT2D eigenvalue weighted by Crippen LogP contribution is 2.24. The van der Waals surface area contributed by atoms with E-state index in [2.05, 4.69) is 31.3 Å². The van der Waals surface area contributed by atoms with Gasteiger partial charge in [-0.15, -0.1) is 0 Å². The molecule has 0 saturated carbocycles. The Balaban J connectivity index is 1.79. The second-order valence-corrected chi connectivity index (χ2v) is 6.70. The number of hydrogen-bond acceptors (Lipinski definition) is 4. The molecular weight excluding hydrogens is 316 g/mol. The van der Waals surface area contributed by atoms with Crippen LogP contribution in [0.4, 0.5) is 0 Å². The van der Waals surface area contributed by atoms with E-state index in [0.29, 0.717) is 11.5 Å². The molecule has 1 aromatic carbocycles. The predicted octanol–water partition coefficient (Wildman–Crippen LogP) is 4.16. The molecule has 5 heteroatoms. The zero-order valence-electron chi connectivity index (χ0n) is 15.1. The standard InChI is InChI=1S/C20H24N2O3/c1-15(7-10-17-6-5-13-24-17)21-22-19(23)14-25-18-11-8-16(9-12-18)20(2,3)4/h5-13H,14H2,1-4H3,(H,22,23). The van der Waals surface area contributed by atoms with Crippen molar-refractivity contribution in [2.24, 2.45) is 5.10 Å². The van der Waals surface area contributed by atoms with E-state index in [1.165, 1.54) is 5.56 Å². The predicted molar refractivity (Wildman–Crippen MR) is 99.6 cm³/mol. The number of rotatable bonds is 6. The summed E-state index contributed by atoms with van der Waals surface area (Å²) < 4.78 is 10.6. The van der Waals surface area contributed by atoms with Crippen LogP contribution in [0.15, 0.2) is 58.3 Å². The van der Waals surface area contributed by atoms with Crippen LogP contribution in [0.3, 0.4) is 0 Å². The second kappa shape index (κ2) is 8.33. The van der Waals surface area contributed by atoms with Crippen LogP contribution in [-0.2, 0) is 10.2 Å². The Hall–Kier alpha value is -2.82. The van der Waals surface area contributed by atoms with E-state index in [4.69, 9.17) is 9.15 Å².